The number of rotatable bonds is 3. The van der Waals surface area contributed by atoms with Crippen molar-refractivity contribution >= 4 is 40.8 Å². The van der Waals surface area contributed by atoms with E-state index < -0.39 is 11.6 Å². The smallest absolute Gasteiger partial charge is 0.354 e. The number of ether oxygens (including phenoxy) is 1. The first-order valence-corrected chi connectivity index (χ1v) is 11.2. The highest BCUT2D eigenvalue weighted by molar-refractivity contribution is 6.36. The molecule has 1 aliphatic heterocycles. The molecule has 0 saturated carbocycles. The fourth-order valence-electron chi connectivity index (χ4n) is 4.32. The first-order chi connectivity index (χ1) is 15.7. The Labute approximate surface area is 204 Å². The van der Waals surface area contributed by atoms with Gasteiger partial charge in [-0.15, -0.1) is 0 Å². The van der Waals surface area contributed by atoms with Crippen molar-refractivity contribution in [1.29, 1.82) is 0 Å². The maximum Gasteiger partial charge on any atom is 0.354 e. The van der Waals surface area contributed by atoms with E-state index in [1.54, 1.807) is 18.2 Å². The molecule has 0 saturated heterocycles. The summed E-state index contributed by atoms with van der Waals surface area (Å²) in [4.78, 5) is 11.8. The molecule has 0 radical (unpaired) electrons. The summed E-state index contributed by atoms with van der Waals surface area (Å²) in [7, 11) is 0. The zero-order valence-corrected chi connectivity index (χ0v) is 19.8. The molecule has 3 aromatic carbocycles. The molecule has 4 aromatic rings. The number of nitrogens with one attached hydrogen (secondary N) is 1. The molecule has 1 aromatic heterocycles. The van der Waals surface area contributed by atoms with Crippen LogP contribution in [0.2, 0.25) is 15.1 Å². The monoisotopic (exact) mass is 498 g/mol. The molecule has 0 aliphatic carbocycles. The highest BCUT2D eigenvalue weighted by Crippen LogP contribution is 2.53. The van der Waals surface area contributed by atoms with Gasteiger partial charge in [-0.2, -0.15) is 5.10 Å². The summed E-state index contributed by atoms with van der Waals surface area (Å²) in [6, 6.07) is 16.6. The molecule has 5 nitrogen and oxygen atoms in total. The van der Waals surface area contributed by atoms with Gasteiger partial charge in [0.2, 0.25) is 0 Å². The second-order valence-corrected chi connectivity index (χ2v) is 9.52. The molecule has 166 valence electrons. The van der Waals surface area contributed by atoms with Crippen LogP contribution in [0.5, 0.6) is 5.75 Å². The predicted octanol–water partition coefficient (Wildman–Crippen LogP) is 7.70. The third kappa shape index (κ3) is 3.57. The van der Waals surface area contributed by atoms with E-state index in [4.69, 9.17) is 39.5 Å². The lowest BCUT2D eigenvalue weighted by molar-refractivity contribution is 0.0665. The standard InChI is InChI=1S/C25H17Cl3N2O3/c1-25(2)20-21(29-30-22(20)24(31)32)17-9-8-15(12-4-3-5-13(26)10-12)19(23(17)33-25)16-7-6-14(27)11-18(16)28/h3-11H,1-2H3,(H,29,30)(H,31,32). The average Bonchev–Trinajstić information content (AvgIpc) is 3.20. The summed E-state index contributed by atoms with van der Waals surface area (Å²) in [6.07, 6.45) is 0. The lowest BCUT2D eigenvalue weighted by Crippen LogP contribution is -2.31. The summed E-state index contributed by atoms with van der Waals surface area (Å²) < 4.78 is 6.51. The van der Waals surface area contributed by atoms with Crippen molar-refractivity contribution in [3.63, 3.8) is 0 Å². The molecule has 1 aliphatic rings. The zero-order chi connectivity index (χ0) is 23.5. The van der Waals surface area contributed by atoms with Crippen LogP contribution in [-0.4, -0.2) is 21.3 Å². The van der Waals surface area contributed by atoms with Crippen molar-refractivity contribution < 1.29 is 14.6 Å². The van der Waals surface area contributed by atoms with Crippen LogP contribution in [0.1, 0.15) is 29.9 Å². The SMILES string of the molecule is CC1(C)Oc2c(ccc(-c3cccc(Cl)c3)c2-c2ccc(Cl)cc2Cl)-c2n[nH]c(C(=O)O)c21. The molecule has 0 amide bonds. The molecule has 0 bridgehead atoms. The normalized spacial score (nSPS) is 13.7. The molecular weight excluding hydrogens is 483 g/mol. The molecule has 5 rings (SSSR count). The number of aromatic nitrogens is 2. The van der Waals surface area contributed by atoms with Crippen LogP contribution in [0.3, 0.4) is 0 Å². The zero-order valence-electron chi connectivity index (χ0n) is 17.5. The molecule has 8 heteroatoms. The van der Waals surface area contributed by atoms with Gasteiger partial charge >= 0.3 is 5.97 Å². The number of carbonyl (C=O) groups is 1. The van der Waals surface area contributed by atoms with Crippen LogP contribution < -0.4 is 4.74 Å². The summed E-state index contributed by atoms with van der Waals surface area (Å²) in [6.45, 7) is 3.63. The molecule has 0 atom stereocenters. The highest BCUT2D eigenvalue weighted by Gasteiger charge is 2.41. The minimum absolute atomic E-state index is 0.00523. The molecule has 0 spiro atoms. The first kappa shape index (κ1) is 21.8. The summed E-state index contributed by atoms with van der Waals surface area (Å²) in [5.74, 6) is -0.543. The van der Waals surface area contributed by atoms with Crippen molar-refractivity contribution in [2.45, 2.75) is 19.4 Å². The van der Waals surface area contributed by atoms with Gasteiger partial charge in [-0.05, 0) is 55.3 Å². The molecule has 33 heavy (non-hydrogen) atoms. The van der Waals surface area contributed by atoms with Gasteiger partial charge in [-0.1, -0.05) is 59.1 Å². The molecular formula is C25H17Cl3N2O3. The fourth-order valence-corrected chi connectivity index (χ4v) is 5.01. The van der Waals surface area contributed by atoms with Crippen molar-refractivity contribution in [1.82, 2.24) is 10.2 Å². The summed E-state index contributed by atoms with van der Waals surface area (Å²) in [5, 5.41) is 18.2. The van der Waals surface area contributed by atoms with E-state index in [0.29, 0.717) is 37.6 Å². The molecule has 2 heterocycles. The molecule has 0 unspecified atom stereocenters. The van der Waals surface area contributed by atoms with Gasteiger partial charge in [0.15, 0.2) is 5.69 Å². The van der Waals surface area contributed by atoms with Crippen LogP contribution in [-0.2, 0) is 5.60 Å². The van der Waals surface area contributed by atoms with Gasteiger partial charge in [-0.25, -0.2) is 4.79 Å². The Balaban J connectivity index is 1.87. The summed E-state index contributed by atoms with van der Waals surface area (Å²) in [5.41, 5.74) is 3.93. The van der Waals surface area contributed by atoms with Crippen LogP contribution in [0.4, 0.5) is 0 Å². The Morgan fingerprint density at radius 1 is 0.970 bits per heavy atom. The van der Waals surface area contributed by atoms with Crippen LogP contribution >= 0.6 is 34.8 Å². The van der Waals surface area contributed by atoms with E-state index in [0.717, 1.165) is 22.3 Å². The van der Waals surface area contributed by atoms with E-state index in [1.165, 1.54) is 0 Å². The van der Waals surface area contributed by atoms with Crippen molar-refractivity contribution in [3.8, 4) is 39.3 Å². The Morgan fingerprint density at radius 2 is 1.67 bits per heavy atom. The number of halogens is 3. The fraction of sp³-hybridized carbons (Fsp3) is 0.120. The quantitative estimate of drug-likeness (QED) is 0.303. The third-order valence-corrected chi connectivity index (χ3v) is 6.47. The van der Waals surface area contributed by atoms with Crippen molar-refractivity contribution in [3.05, 3.63) is 80.9 Å². The Morgan fingerprint density at radius 3 is 2.36 bits per heavy atom. The lowest BCUT2D eigenvalue weighted by Gasteiger charge is -2.34. The van der Waals surface area contributed by atoms with E-state index in [2.05, 4.69) is 10.2 Å². The van der Waals surface area contributed by atoms with Crippen LogP contribution in [0.15, 0.2) is 54.6 Å². The molecule has 2 N–H and O–H groups in total. The number of benzene rings is 3. The van der Waals surface area contributed by atoms with Gasteiger partial charge in [0.25, 0.3) is 0 Å². The maximum absolute atomic E-state index is 11.8. The number of aromatic carboxylic acids is 1. The van der Waals surface area contributed by atoms with Gasteiger partial charge < -0.3 is 9.84 Å². The highest BCUT2D eigenvalue weighted by atomic mass is 35.5. The topological polar surface area (TPSA) is 75.2 Å². The van der Waals surface area contributed by atoms with Gasteiger partial charge in [0, 0.05) is 26.7 Å². The Kier molecular flexibility index (Phi) is 5.16. The Hall–Kier alpha value is -2.99. The minimum atomic E-state index is -1.10. The third-order valence-electron chi connectivity index (χ3n) is 5.69. The number of carboxylic acid groups (broad SMARTS) is 1. The predicted molar refractivity (Wildman–Crippen MR) is 131 cm³/mol. The Bertz CT molecular complexity index is 1440. The van der Waals surface area contributed by atoms with Crippen molar-refractivity contribution in [2.24, 2.45) is 0 Å². The van der Waals surface area contributed by atoms with Crippen molar-refractivity contribution in [2.75, 3.05) is 0 Å². The minimum Gasteiger partial charge on any atom is -0.482 e. The maximum atomic E-state index is 11.8. The number of hydrogen-bond acceptors (Lipinski definition) is 3. The number of nitrogens with zero attached hydrogens (tertiary/aromatic N) is 1. The number of carboxylic acids is 1. The van der Waals surface area contributed by atoms with E-state index in [9.17, 15) is 9.90 Å². The number of H-pyrrole nitrogens is 1. The molecule has 0 fully saturated rings. The van der Waals surface area contributed by atoms with Gasteiger partial charge in [0.1, 0.15) is 17.0 Å². The van der Waals surface area contributed by atoms with Gasteiger partial charge in [-0.3, -0.25) is 5.10 Å². The van der Waals surface area contributed by atoms with E-state index in [1.807, 2.05) is 50.2 Å². The van der Waals surface area contributed by atoms with E-state index >= 15 is 0 Å². The van der Waals surface area contributed by atoms with Crippen LogP contribution in [0.25, 0.3) is 33.5 Å². The second kappa shape index (κ2) is 7.80. The van der Waals surface area contributed by atoms with Crippen LogP contribution in [0, 0.1) is 0 Å². The summed E-state index contributed by atoms with van der Waals surface area (Å²) >= 11 is 19.1. The number of hydrogen-bond donors (Lipinski definition) is 2. The second-order valence-electron chi connectivity index (χ2n) is 8.24. The first-order valence-electron chi connectivity index (χ1n) is 10.1. The largest absolute Gasteiger partial charge is 0.482 e. The number of fused-ring (bicyclic) bond motifs is 3. The van der Waals surface area contributed by atoms with E-state index in [-0.39, 0.29) is 5.69 Å². The average molecular weight is 500 g/mol. The lowest BCUT2D eigenvalue weighted by atomic mass is 9.84. The van der Waals surface area contributed by atoms with Gasteiger partial charge in [0.05, 0.1) is 10.6 Å². The number of aromatic amines is 1.